The number of methoxy groups -OCH3 is 1. The Hall–Kier alpha value is -3.06. The Morgan fingerprint density at radius 2 is 1.64 bits per heavy atom. The third-order valence-corrected chi connectivity index (χ3v) is 3.37. The van der Waals surface area contributed by atoms with Gasteiger partial charge >= 0.3 is 12.1 Å². The fraction of sp³-hybridized carbons (Fsp3) is 0.222. The molecule has 2 aromatic carbocycles. The molecule has 0 unspecified atom stereocenters. The highest BCUT2D eigenvalue weighted by Crippen LogP contribution is 2.20. The Bertz CT molecular complexity index is 720. The highest BCUT2D eigenvalue weighted by Gasteiger charge is 2.07. The van der Waals surface area contributed by atoms with E-state index in [0.717, 1.165) is 5.56 Å². The van der Waals surface area contributed by atoms with Gasteiger partial charge in [0.2, 0.25) is 0 Å². The fourth-order valence-corrected chi connectivity index (χ4v) is 2.08. The zero-order chi connectivity index (χ0) is 18.1. The largest absolute Gasteiger partial charge is 0.383 e. The molecule has 2 rings (SSSR count). The number of anilines is 3. The number of aryl methyl sites for hydroxylation is 1. The molecule has 0 saturated heterocycles. The minimum atomic E-state index is -0.356. The van der Waals surface area contributed by atoms with E-state index >= 15 is 0 Å². The summed E-state index contributed by atoms with van der Waals surface area (Å²) in [7, 11) is 1.57. The van der Waals surface area contributed by atoms with Crippen molar-refractivity contribution in [2.45, 2.75) is 6.92 Å². The van der Waals surface area contributed by atoms with Gasteiger partial charge in [-0.05, 0) is 36.8 Å². The highest BCUT2D eigenvalue weighted by atomic mass is 16.5. The Morgan fingerprint density at radius 1 is 0.920 bits per heavy atom. The van der Waals surface area contributed by atoms with Crippen LogP contribution in [0.25, 0.3) is 0 Å². The maximum atomic E-state index is 12.0. The van der Waals surface area contributed by atoms with E-state index < -0.39 is 0 Å². The van der Waals surface area contributed by atoms with Crippen LogP contribution in [0.4, 0.5) is 26.7 Å². The molecular weight excluding hydrogens is 320 g/mol. The van der Waals surface area contributed by atoms with E-state index in [1.165, 1.54) is 0 Å². The fourth-order valence-electron chi connectivity index (χ4n) is 2.08. The van der Waals surface area contributed by atoms with Crippen LogP contribution in [0.15, 0.2) is 48.5 Å². The molecule has 0 aliphatic rings. The Balaban J connectivity index is 1.95. The lowest BCUT2D eigenvalue weighted by atomic mass is 10.2. The van der Waals surface area contributed by atoms with Crippen LogP contribution in [0.5, 0.6) is 0 Å². The average molecular weight is 342 g/mol. The number of hydrogen-bond donors (Lipinski definition) is 4. The molecule has 7 heteroatoms. The maximum absolute atomic E-state index is 12.0. The van der Waals surface area contributed by atoms with Crippen molar-refractivity contribution in [1.82, 2.24) is 5.32 Å². The van der Waals surface area contributed by atoms with Crippen LogP contribution in [0.2, 0.25) is 0 Å². The molecule has 0 radical (unpaired) electrons. The van der Waals surface area contributed by atoms with Crippen molar-refractivity contribution in [3.05, 3.63) is 54.1 Å². The Kier molecular flexibility index (Phi) is 6.79. The van der Waals surface area contributed by atoms with Gasteiger partial charge in [-0.15, -0.1) is 0 Å². The molecule has 4 N–H and O–H groups in total. The molecule has 4 amide bonds. The molecule has 0 heterocycles. The second kappa shape index (κ2) is 9.29. The normalized spacial score (nSPS) is 10.0. The summed E-state index contributed by atoms with van der Waals surface area (Å²) in [6.07, 6.45) is 0. The van der Waals surface area contributed by atoms with E-state index in [2.05, 4.69) is 21.3 Å². The van der Waals surface area contributed by atoms with Gasteiger partial charge in [0.1, 0.15) is 0 Å². The van der Waals surface area contributed by atoms with Crippen LogP contribution in [0, 0.1) is 6.92 Å². The molecule has 2 aromatic rings. The zero-order valence-electron chi connectivity index (χ0n) is 14.3. The average Bonchev–Trinajstić information content (AvgIpc) is 2.59. The molecule has 0 saturated carbocycles. The quantitative estimate of drug-likeness (QED) is 0.606. The number of benzene rings is 2. The maximum Gasteiger partial charge on any atom is 0.323 e. The highest BCUT2D eigenvalue weighted by molar-refractivity contribution is 6.00. The lowest BCUT2D eigenvalue weighted by molar-refractivity contribution is 0.198. The van der Waals surface area contributed by atoms with E-state index in [1.807, 2.05) is 31.2 Å². The van der Waals surface area contributed by atoms with Crippen LogP contribution in [0.3, 0.4) is 0 Å². The van der Waals surface area contributed by atoms with Crippen molar-refractivity contribution in [2.75, 3.05) is 36.2 Å². The van der Waals surface area contributed by atoms with Crippen LogP contribution < -0.4 is 21.3 Å². The van der Waals surface area contributed by atoms with E-state index in [4.69, 9.17) is 4.74 Å². The molecule has 0 fully saturated rings. The summed E-state index contributed by atoms with van der Waals surface area (Å²) >= 11 is 0. The van der Waals surface area contributed by atoms with Gasteiger partial charge in [-0.2, -0.15) is 0 Å². The summed E-state index contributed by atoms with van der Waals surface area (Å²) in [6, 6.07) is 13.8. The second-order valence-corrected chi connectivity index (χ2v) is 5.35. The number of ether oxygens (including phenoxy) is 1. The number of nitrogens with one attached hydrogen (secondary N) is 4. The van der Waals surface area contributed by atoms with E-state index in [-0.39, 0.29) is 12.1 Å². The molecule has 0 aliphatic heterocycles. The van der Waals surface area contributed by atoms with Gasteiger partial charge in [0.15, 0.2) is 0 Å². The first-order valence-corrected chi connectivity index (χ1v) is 7.86. The number of rotatable bonds is 6. The number of urea groups is 2. The number of carbonyl (C=O) groups excluding carboxylic acids is 2. The molecule has 0 bridgehead atoms. The summed E-state index contributed by atoms with van der Waals surface area (Å²) in [5.41, 5.74) is 2.78. The third kappa shape index (κ3) is 6.15. The van der Waals surface area contributed by atoms with Crippen LogP contribution in [-0.4, -0.2) is 32.3 Å². The van der Waals surface area contributed by atoms with Crippen molar-refractivity contribution in [2.24, 2.45) is 0 Å². The van der Waals surface area contributed by atoms with Crippen LogP contribution in [0.1, 0.15) is 5.56 Å². The lowest BCUT2D eigenvalue weighted by Crippen LogP contribution is -2.31. The van der Waals surface area contributed by atoms with Crippen LogP contribution >= 0.6 is 0 Å². The van der Waals surface area contributed by atoms with Gasteiger partial charge in [-0.25, -0.2) is 9.59 Å². The van der Waals surface area contributed by atoms with Crippen molar-refractivity contribution < 1.29 is 14.3 Å². The third-order valence-electron chi connectivity index (χ3n) is 3.37. The lowest BCUT2D eigenvalue weighted by Gasteiger charge is -2.13. The van der Waals surface area contributed by atoms with E-state index in [0.29, 0.717) is 30.2 Å². The van der Waals surface area contributed by atoms with Gasteiger partial charge in [0.25, 0.3) is 0 Å². The first-order chi connectivity index (χ1) is 12.1. The smallest absolute Gasteiger partial charge is 0.323 e. The van der Waals surface area contributed by atoms with Crippen molar-refractivity contribution in [3.63, 3.8) is 0 Å². The minimum absolute atomic E-state index is 0.328. The summed E-state index contributed by atoms with van der Waals surface area (Å²) in [6.45, 7) is 2.73. The SMILES string of the molecule is COCCNC(=O)Nc1cc(NC(=O)Nc2ccccc2)ccc1C. The number of hydrogen-bond acceptors (Lipinski definition) is 3. The zero-order valence-corrected chi connectivity index (χ0v) is 14.3. The topological polar surface area (TPSA) is 91.5 Å². The van der Waals surface area contributed by atoms with Gasteiger partial charge in [0.05, 0.1) is 6.61 Å². The van der Waals surface area contributed by atoms with Gasteiger partial charge in [-0.1, -0.05) is 24.3 Å². The molecule has 132 valence electrons. The molecular formula is C18H22N4O3. The van der Waals surface area contributed by atoms with Gasteiger partial charge in [-0.3, -0.25) is 0 Å². The van der Waals surface area contributed by atoms with Crippen LogP contribution in [-0.2, 0) is 4.74 Å². The van der Waals surface area contributed by atoms with Crippen molar-refractivity contribution >= 4 is 29.1 Å². The minimum Gasteiger partial charge on any atom is -0.383 e. The molecule has 0 aromatic heterocycles. The van der Waals surface area contributed by atoms with Gasteiger partial charge < -0.3 is 26.0 Å². The van der Waals surface area contributed by atoms with E-state index in [9.17, 15) is 9.59 Å². The Labute approximate surface area is 146 Å². The molecule has 0 spiro atoms. The van der Waals surface area contributed by atoms with Gasteiger partial charge in [0, 0.05) is 30.7 Å². The predicted octanol–water partition coefficient (Wildman–Crippen LogP) is 3.41. The summed E-state index contributed by atoms with van der Waals surface area (Å²) in [5.74, 6) is 0. The second-order valence-electron chi connectivity index (χ2n) is 5.35. The molecule has 25 heavy (non-hydrogen) atoms. The number of amides is 4. The monoisotopic (exact) mass is 342 g/mol. The summed E-state index contributed by atoms with van der Waals surface area (Å²) in [5, 5.41) is 10.9. The van der Waals surface area contributed by atoms with Crippen molar-refractivity contribution in [1.29, 1.82) is 0 Å². The molecule has 7 nitrogen and oxygen atoms in total. The summed E-state index contributed by atoms with van der Waals surface area (Å²) in [4.78, 5) is 23.9. The number of carbonyl (C=O) groups is 2. The Morgan fingerprint density at radius 3 is 2.36 bits per heavy atom. The predicted molar refractivity (Wildman–Crippen MR) is 99.2 cm³/mol. The van der Waals surface area contributed by atoms with Crippen molar-refractivity contribution in [3.8, 4) is 0 Å². The summed E-state index contributed by atoms with van der Waals surface area (Å²) < 4.78 is 4.88. The molecule has 0 aliphatic carbocycles. The first kappa shape index (κ1) is 18.3. The van der Waals surface area contributed by atoms with E-state index in [1.54, 1.807) is 31.4 Å². The molecule has 0 atom stereocenters. The number of para-hydroxylation sites is 1. The first-order valence-electron chi connectivity index (χ1n) is 7.86. The standard InChI is InChI=1S/C18H22N4O3/c1-13-8-9-15(12-16(13)22-17(23)19-10-11-25-2)21-18(24)20-14-6-4-3-5-7-14/h3-9,12H,10-11H2,1-2H3,(H2,19,22,23)(H2,20,21,24).